The average molecular weight is 165 g/mol. The van der Waals surface area contributed by atoms with Crippen LogP contribution < -0.4 is 5.73 Å². The van der Waals surface area contributed by atoms with Gasteiger partial charge in [0.25, 0.3) is 5.69 Å². The quantitative estimate of drug-likeness (QED) is 0.395. The molecule has 0 aromatic heterocycles. The van der Waals surface area contributed by atoms with Gasteiger partial charge in [0.1, 0.15) is 5.69 Å². The zero-order valence-corrected chi connectivity index (χ0v) is 5.98. The Kier molecular flexibility index (Phi) is 2.05. The third-order valence-corrected chi connectivity index (χ3v) is 1.34. The fourth-order valence-corrected chi connectivity index (χ4v) is 0.765. The summed E-state index contributed by atoms with van der Waals surface area (Å²) in [4.78, 5) is 19.7. The van der Waals surface area contributed by atoms with Gasteiger partial charge in [-0.3, -0.25) is 14.9 Å². The molecule has 0 aliphatic rings. The lowest BCUT2D eigenvalue weighted by molar-refractivity contribution is -0.383. The average Bonchev–Trinajstić information content (AvgIpc) is 2.05. The number of nitrogens with zero attached hydrogens (tertiary/aromatic N) is 1. The van der Waals surface area contributed by atoms with Crippen molar-refractivity contribution in [3.8, 4) is 0 Å². The zero-order chi connectivity index (χ0) is 9.14. The van der Waals surface area contributed by atoms with E-state index in [1.807, 2.05) is 0 Å². The number of nitro groups is 1. The number of nitrogens with two attached hydrogens (primary N) is 1. The molecule has 0 saturated carbocycles. The predicted octanol–water partition coefficient (Wildman–Crippen LogP) is 0.635. The van der Waals surface area contributed by atoms with Crippen LogP contribution in [0.4, 0.5) is 11.4 Å². The van der Waals surface area contributed by atoms with Gasteiger partial charge in [0, 0.05) is 11.6 Å². The minimum absolute atomic E-state index is 0.0407. The van der Waals surface area contributed by atoms with Crippen LogP contribution in [0.25, 0.3) is 0 Å². The Labute approximate surface area is 68.0 Å². The second kappa shape index (κ2) is 3.00. The van der Waals surface area contributed by atoms with Gasteiger partial charge in [-0.25, -0.2) is 0 Å². The first-order valence-corrected chi connectivity index (χ1v) is 3.07. The van der Waals surface area contributed by atoms with E-state index < -0.39 is 4.92 Å². The maximum Gasteiger partial charge on any atom is 0.292 e. The van der Waals surface area contributed by atoms with E-state index in [9.17, 15) is 14.9 Å². The molecule has 0 fully saturated rings. The fraction of sp³-hybridized carbons (Fsp3) is 0. The third-order valence-electron chi connectivity index (χ3n) is 1.34. The Hall–Kier alpha value is -1.91. The molecule has 0 atom stereocenters. The Morgan fingerprint density at radius 1 is 1.50 bits per heavy atom. The van der Waals surface area contributed by atoms with Gasteiger partial charge in [-0.15, -0.1) is 0 Å². The van der Waals surface area contributed by atoms with Crippen molar-refractivity contribution in [1.82, 2.24) is 0 Å². The Balaban J connectivity index is 3.25. The molecule has 0 bridgehead atoms. The second-order valence-electron chi connectivity index (χ2n) is 2.13. The molecule has 0 aliphatic carbocycles. The third kappa shape index (κ3) is 1.39. The Morgan fingerprint density at radius 3 is 2.67 bits per heavy atom. The fourth-order valence-electron chi connectivity index (χ4n) is 0.765. The van der Waals surface area contributed by atoms with Crippen LogP contribution in [0.3, 0.4) is 0 Å². The molecule has 0 saturated heterocycles. The van der Waals surface area contributed by atoms with Gasteiger partial charge >= 0.3 is 0 Å². The number of nitro benzene ring substituents is 1. The van der Waals surface area contributed by atoms with Gasteiger partial charge in [0.2, 0.25) is 6.29 Å². The number of carbonyl (C=O) groups excluding carboxylic acids is 1. The van der Waals surface area contributed by atoms with Crippen LogP contribution >= 0.6 is 0 Å². The molecule has 61 valence electrons. The number of hydrogen-bond donors (Lipinski definition) is 1. The molecule has 0 heterocycles. The highest BCUT2D eigenvalue weighted by molar-refractivity contribution is 5.79. The van der Waals surface area contributed by atoms with Gasteiger partial charge in [0.05, 0.1) is 4.92 Å². The first kappa shape index (κ1) is 8.19. The van der Waals surface area contributed by atoms with Crippen molar-refractivity contribution >= 4 is 17.7 Å². The lowest BCUT2D eigenvalue weighted by atomic mass is 10.2. The van der Waals surface area contributed by atoms with E-state index in [2.05, 4.69) is 0 Å². The molecule has 2 N–H and O–H groups in total. The number of nitrogen functional groups attached to an aromatic ring is 1. The number of rotatable bonds is 2. The van der Waals surface area contributed by atoms with Crippen molar-refractivity contribution in [2.45, 2.75) is 0 Å². The van der Waals surface area contributed by atoms with Crippen LogP contribution in [0, 0.1) is 10.1 Å². The molecular formula is C7H5N2O3. The van der Waals surface area contributed by atoms with Crippen molar-refractivity contribution in [2.24, 2.45) is 0 Å². The summed E-state index contributed by atoms with van der Waals surface area (Å²) in [6.45, 7) is 0. The largest absolute Gasteiger partial charge is 0.393 e. The summed E-state index contributed by atoms with van der Waals surface area (Å²) in [6.07, 6.45) is 1.54. The first-order chi connectivity index (χ1) is 5.65. The smallest absolute Gasteiger partial charge is 0.292 e. The van der Waals surface area contributed by atoms with E-state index in [-0.39, 0.29) is 16.9 Å². The first-order valence-electron chi connectivity index (χ1n) is 3.07. The van der Waals surface area contributed by atoms with E-state index >= 15 is 0 Å². The monoisotopic (exact) mass is 165 g/mol. The van der Waals surface area contributed by atoms with E-state index in [0.717, 1.165) is 6.07 Å². The SMILES string of the molecule is Nc1ccc([C]=O)cc1[N+](=O)[O-]. The number of hydrogen-bond acceptors (Lipinski definition) is 4. The van der Waals surface area contributed by atoms with Crippen molar-refractivity contribution in [1.29, 1.82) is 0 Å². The molecule has 1 rings (SSSR count). The summed E-state index contributed by atoms with van der Waals surface area (Å²) in [6, 6.07) is 3.76. The summed E-state index contributed by atoms with van der Waals surface area (Å²) in [5, 5.41) is 10.3. The molecule has 0 amide bonds. The highest BCUT2D eigenvalue weighted by atomic mass is 16.6. The van der Waals surface area contributed by atoms with Crippen LogP contribution in [-0.4, -0.2) is 11.2 Å². The molecule has 1 aromatic carbocycles. The molecule has 5 heteroatoms. The summed E-state index contributed by atoms with van der Waals surface area (Å²) >= 11 is 0. The molecule has 12 heavy (non-hydrogen) atoms. The highest BCUT2D eigenvalue weighted by Crippen LogP contribution is 2.21. The summed E-state index contributed by atoms with van der Waals surface area (Å²) < 4.78 is 0. The van der Waals surface area contributed by atoms with Crippen molar-refractivity contribution in [3.05, 3.63) is 33.9 Å². The topological polar surface area (TPSA) is 86.2 Å². The lowest BCUT2D eigenvalue weighted by Crippen LogP contribution is -1.96. The minimum Gasteiger partial charge on any atom is -0.393 e. The van der Waals surface area contributed by atoms with Crippen molar-refractivity contribution in [2.75, 3.05) is 5.73 Å². The standard InChI is InChI=1S/C7H5N2O3/c8-6-2-1-5(4-10)3-7(6)9(11)12/h1-3H,8H2. The molecule has 0 spiro atoms. The second-order valence-corrected chi connectivity index (χ2v) is 2.13. The minimum atomic E-state index is -0.643. The summed E-state index contributed by atoms with van der Waals surface area (Å²) in [5.74, 6) is 0. The van der Waals surface area contributed by atoms with Crippen LogP contribution in [0.1, 0.15) is 5.56 Å². The van der Waals surface area contributed by atoms with E-state index in [0.29, 0.717) is 0 Å². The lowest BCUT2D eigenvalue weighted by Gasteiger charge is -1.95. The molecule has 1 aromatic rings. The maximum absolute atomic E-state index is 10.3. The summed E-state index contributed by atoms with van der Waals surface area (Å²) in [5.41, 5.74) is 5.17. The Bertz CT molecular complexity index is 335. The normalized spacial score (nSPS) is 9.33. The molecular weight excluding hydrogens is 160 g/mol. The van der Waals surface area contributed by atoms with E-state index in [1.165, 1.54) is 18.4 Å². The van der Waals surface area contributed by atoms with E-state index in [4.69, 9.17) is 5.73 Å². The van der Waals surface area contributed by atoms with Crippen molar-refractivity contribution < 1.29 is 9.72 Å². The molecule has 0 unspecified atom stereocenters. The molecule has 0 aliphatic heterocycles. The molecule has 5 nitrogen and oxygen atoms in total. The van der Waals surface area contributed by atoms with Crippen LogP contribution in [0.2, 0.25) is 0 Å². The number of benzene rings is 1. The molecule has 1 radical (unpaired) electrons. The zero-order valence-electron chi connectivity index (χ0n) is 5.98. The highest BCUT2D eigenvalue weighted by Gasteiger charge is 2.11. The summed E-state index contributed by atoms with van der Waals surface area (Å²) in [7, 11) is 0. The van der Waals surface area contributed by atoms with Crippen molar-refractivity contribution in [3.63, 3.8) is 0 Å². The van der Waals surface area contributed by atoms with Crippen LogP contribution in [0.15, 0.2) is 18.2 Å². The van der Waals surface area contributed by atoms with Gasteiger partial charge in [-0.05, 0) is 12.1 Å². The van der Waals surface area contributed by atoms with Gasteiger partial charge < -0.3 is 5.73 Å². The van der Waals surface area contributed by atoms with E-state index in [1.54, 1.807) is 0 Å². The van der Waals surface area contributed by atoms with Gasteiger partial charge in [0.15, 0.2) is 0 Å². The maximum atomic E-state index is 10.3. The predicted molar refractivity (Wildman–Crippen MR) is 42.3 cm³/mol. The van der Waals surface area contributed by atoms with Crippen LogP contribution in [-0.2, 0) is 4.79 Å². The number of anilines is 1. The van der Waals surface area contributed by atoms with Gasteiger partial charge in [-0.2, -0.15) is 0 Å². The Morgan fingerprint density at radius 2 is 2.17 bits per heavy atom. The van der Waals surface area contributed by atoms with Gasteiger partial charge in [-0.1, -0.05) is 0 Å². The van der Waals surface area contributed by atoms with Crippen LogP contribution in [0.5, 0.6) is 0 Å².